The quantitative estimate of drug-likeness (QED) is 0.908. The van der Waals surface area contributed by atoms with E-state index in [1.807, 2.05) is 24.3 Å². The van der Waals surface area contributed by atoms with Gasteiger partial charge in [-0.05, 0) is 52.2 Å². The highest BCUT2D eigenvalue weighted by Gasteiger charge is 2.11. The van der Waals surface area contributed by atoms with Crippen molar-refractivity contribution in [1.29, 1.82) is 0 Å². The number of aromatic nitrogens is 1. The van der Waals surface area contributed by atoms with Gasteiger partial charge in [-0.25, -0.2) is 0 Å². The minimum absolute atomic E-state index is 0.0910. The first-order chi connectivity index (χ1) is 8.16. The molecular weight excluding hydrogens is 344 g/mol. The molecule has 0 spiro atoms. The minimum atomic E-state index is -0.0910. The van der Waals surface area contributed by atoms with Crippen LogP contribution >= 0.6 is 31.9 Å². The standard InChI is InChI=1S/C13H12Br2N2/c14-10-5-3-9(4-6-10)8-12(16)13-11(15)2-1-7-17-13/h1-7,12H,8,16H2. The first kappa shape index (κ1) is 12.7. The molecule has 88 valence electrons. The average Bonchev–Trinajstić information content (AvgIpc) is 2.32. The summed E-state index contributed by atoms with van der Waals surface area (Å²) < 4.78 is 2.04. The van der Waals surface area contributed by atoms with Gasteiger partial charge in [0.25, 0.3) is 0 Å². The van der Waals surface area contributed by atoms with Crippen LogP contribution in [-0.2, 0) is 6.42 Å². The van der Waals surface area contributed by atoms with Crippen LogP contribution in [0.1, 0.15) is 17.3 Å². The molecule has 2 aromatic rings. The molecule has 2 nitrogen and oxygen atoms in total. The lowest BCUT2D eigenvalue weighted by Crippen LogP contribution is -2.15. The minimum Gasteiger partial charge on any atom is -0.322 e. The smallest absolute Gasteiger partial charge is 0.0716 e. The summed E-state index contributed by atoms with van der Waals surface area (Å²) in [5.74, 6) is 0. The maximum Gasteiger partial charge on any atom is 0.0716 e. The first-order valence-electron chi connectivity index (χ1n) is 5.27. The fourth-order valence-corrected chi connectivity index (χ4v) is 2.46. The molecule has 1 aromatic heterocycles. The van der Waals surface area contributed by atoms with Crippen LogP contribution in [0.2, 0.25) is 0 Å². The maximum atomic E-state index is 6.16. The first-order valence-corrected chi connectivity index (χ1v) is 6.86. The molecule has 0 aliphatic rings. The third-order valence-electron chi connectivity index (χ3n) is 2.51. The Labute approximate surface area is 118 Å². The Hall–Kier alpha value is -0.710. The summed E-state index contributed by atoms with van der Waals surface area (Å²) in [4.78, 5) is 4.31. The molecule has 1 heterocycles. The maximum absolute atomic E-state index is 6.16. The molecule has 0 saturated heterocycles. The fourth-order valence-electron chi connectivity index (χ4n) is 1.64. The van der Waals surface area contributed by atoms with Gasteiger partial charge in [-0.15, -0.1) is 0 Å². The Bertz CT molecular complexity index is 497. The predicted octanol–water partition coefficient (Wildman–Crippen LogP) is 3.85. The van der Waals surface area contributed by atoms with Crippen molar-refractivity contribution in [3.8, 4) is 0 Å². The highest BCUT2D eigenvalue weighted by Crippen LogP contribution is 2.22. The lowest BCUT2D eigenvalue weighted by atomic mass is 10.0. The molecule has 1 aromatic carbocycles. The van der Waals surface area contributed by atoms with Gasteiger partial charge in [0.15, 0.2) is 0 Å². The van der Waals surface area contributed by atoms with E-state index in [1.54, 1.807) is 6.20 Å². The molecule has 0 fully saturated rings. The lowest BCUT2D eigenvalue weighted by Gasteiger charge is -2.12. The van der Waals surface area contributed by atoms with Crippen LogP contribution in [0.4, 0.5) is 0 Å². The fraction of sp³-hybridized carbons (Fsp3) is 0.154. The van der Waals surface area contributed by atoms with Crippen LogP contribution in [0.3, 0.4) is 0 Å². The van der Waals surface area contributed by atoms with Gasteiger partial charge < -0.3 is 5.73 Å². The second-order valence-corrected chi connectivity index (χ2v) is 5.58. The zero-order valence-electron chi connectivity index (χ0n) is 9.11. The number of pyridine rings is 1. The number of hydrogen-bond donors (Lipinski definition) is 1. The Morgan fingerprint density at radius 1 is 1.12 bits per heavy atom. The van der Waals surface area contributed by atoms with Gasteiger partial charge in [-0.1, -0.05) is 28.1 Å². The largest absolute Gasteiger partial charge is 0.322 e. The number of hydrogen-bond acceptors (Lipinski definition) is 2. The van der Waals surface area contributed by atoms with Gasteiger partial charge >= 0.3 is 0 Å². The highest BCUT2D eigenvalue weighted by molar-refractivity contribution is 9.10. The van der Waals surface area contributed by atoms with E-state index in [4.69, 9.17) is 5.73 Å². The molecule has 0 amide bonds. The Kier molecular flexibility index (Phi) is 4.31. The summed E-state index contributed by atoms with van der Waals surface area (Å²) in [5, 5.41) is 0. The SMILES string of the molecule is NC(Cc1ccc(Br)cc1)c1ncccc1Br. The van der Waals surface area contributed by atoms with Crippen molar-refractivity contribution in [1.82, 2.24) is 4.98 Å². The zero-order valence-corrected chi connectivity index (χ0v) is 12.3. The summed E-state index contributed by atoms with van der Waals surface area (Å²) in [7, 11) is 0. The molecule has 2 N–H and O–H groups in total. The van der Waals surface area contributed by atoms with Crippen molar-refractivity contribution in [2.45, 2.75) is 12.5 Å². The molecule has 0 aliphatic carbocycles. The normalized spacial score (nSPS) is 12.4. The van der Waals surface area contributed by atoms with Crippen LogP contribution in [-0.4, -0.2) is 4.98 Å². The van der Waals surface area contributed by atoms with E-state index < -0.39 is 0 Å². The number of halogens is 2. The summed E-state index contributed by atoms with van der Waals surface area (Å²) in [6.07, 6.45) is 2.55. The van der Waals surface area contributed by atoms with Crippen LogP contribution in [0, 0.1) is 0 Å². The van der Waals surface area contributed by atoms with Crippen molar-refractivity contribution < 1.29 is 0 Å². The summed E-state index contributed by atoms with van der Waals surface area (Å²) in [5.41, 5.74) is 8.27. The average molecular weight is 356 g/mol. The Morgan fingerprint density at radius 2 is 1.82 bits per heavy atom. The molecule has 0 saturated carbocycles. The third-order valence-corrected chi connectivity index (χ3v) is 3.71. The zero-order chi connectivity index (χ0) is 12.3. The molecule has 2 rings (SSSR count). The van der Waals surface area contributed by atoms with Gasteiger partial charge in [0, 0.05) is 15.1 Å². The third kappa shape index (κ3) is 3.37. The second-order valence-electron chi connectivity index (χ2n) is 3.81. The van der Waals surface area contributed by atoms with E-state index >= 15 is 0 Å². The van der Waals surface area contributed by atoms with Gasteiger partial charge in [-0.2, -0.15) is 0 Å². The van der Waals surface area contributed by atoms with Crippen LogP contribution in [0.15, 0.2) is 51.5 Å². The van der Waals surface area contributed by atoms with Crippen molar-refractivity contribution in [3.05, 3.63) is 62.8 Å². The van der Waals surface area contributed by atoms with Crippen molar-refractivity contribution >= 4 is 31.9 Å². The van der Waals surface area contributed by atoms with Crippen LogP contribution in [0.5, 0.6) is 0 Å². The van der Waals surface area contributed by atoms with Gasteiger partial charge in [0.1, 0.15) is 0 Å². The van der Waals surface area contributed by atoms with Crippen LogP contribution in [0.25, 0.3) is 0 Å². The topological polar surface area (TPSA) is 38.9 Å². The Morgan fingerprint density at radius 3 is 2.47 bits per heavy atom. The van der Waals surface area contributed by atoms with Gasteiger partial charge in [-0.3, -0.25) is 4.98 Å². The molecule has 1 atom stereocenters. The van der Waals surface area contributed by atoms with E-state index in [0.29, 0.717) is 0 Å². The molecule has 17 heavy (non-hydrogen) atoms. The van der Waals surface area contributed by atoms with Crippen LogP contribution < -0.4 is 5.73 Å². The number of rotatable bonds is 3. The number of nitrogens with zero attached hydrogens (tertiary/aromatic N) is 1. The molecule has 0 aliphatic heterocycles. The lowest BCUT2D eigenvalue weighted by molar-refractivity contribution is 0.692. The van der Waals surface area contributed by atoms with E-state index in [1.165, 1.54) is 5.56 Å². The molecular formula is C13H12Br2N2. The van der Waals surface area contributed by atoms with Gasteiger partial charge in [0.2, 0.25) is 0 Å². The predicted molar refractivity (Wildman–Crippen MR) is 76.7 cm³/mol. The van der Waals surface area contributed by atoms with E-state index in [-0.39, 0.29) is 6.04 Å². The van der Waals surface area contributed by atoms with E-state index in [9.17, 15) is 0 Å². The van der Waals surface area contributed by atoms with Crippen molar-refractivity contribution in [3.63, 3.8) is 0 Å². The van der Waals surface area contributed by atoms with Crippen molar-refractivity contribution in [2.75, 3.05) is 0 Å². The Balaban J connectivity index is 2.14. The molecule has 4 heteroatoms. The number of nitrogens with two attached hydrogens (primary N) is 1. The monoisotopic (exact) mass is 354 g/mol. The van der Waals surface area contributed by atoms with Crippen molar-refractivity contribution in [2.24, 2.45) is 5.73 Å². The van der Waals surface area contributed by atoms with E-state index in [0.717, 1.165) is 21.1 Å². The summed E-state index contributed by atoms with van der Waals surface area (Å²) in [6.45, 7) is 0. The highest BCUT2D eigenvalue weighted by atomic mass is 79.9. The summed E-state index contributed by atoms with van der Waals surface area (Å²) >= 11 is 6.89. The molecule has 0 bridgehead atoms. The van der Waals surface area contributed by atoms with Gasteiger partial charge in [0.05, 0.1) is 11.7 Å². The molecule has 1 unspecified atom stereocenters. The molecule has 0 radical (unpaired) electrons. The van der Waals surface area contributed by atoms with E-state index in [2.05, 4.69) is 49.0 Å². The second kappa shape index (κ2) is 5.76. The number of benzene rings is 1. The summed E-state index contributed by atoms with van der Waals surface area (Å²) in [6, 6.07) is 11.9.